The smallest absolute Gasteiger partial charge is 0.271 e. The van der Waals surface area contributed by atoms with Crippen molar-refractivity contribution in [2.75, 3.05) is 13.1 Å². The van der Waals surface area contributed by atoms with Gasteiger partial charge in [-0.1, -0.05) is 35.5 Å². The van der Waals surface area contributed by atoms with E-state index in [4.69, 9.17) is 8.94 Å². The van der Waals surface area contributed by atoms with E-state index in [1.54, 1.807) is 29.4 Å². The Morgan fingerprint density at radius 1 is 1.15 bits per heavy atom. The molecule has 1 saturated heterocycles. The molecular weight excluding hydrogens is 346 g/mol. The molecule has 0 saturated carbocycles. The third-order valence-electron chi connectivity index (χ3n) is 4.58. The molecule has 3 aromatic heterocycles. The Bertz CT molecular complexity index is 1060. The lowest BCUT2D eigenvalue weighted by Crippen LogP contribution is -2.48. The normalized spacial score (nSPS) is 14.3. The largest absolute Gasteiger partial charge is 0.461 e. The van der Waals surface area contributed by atoms with Crippen LogP contribution in [0.5, 0.6) is 0 Å². The number of nitrogens with one attached hydrogen (secondary N) is 1. The summed E-state index contributed by atoms with van der Waals surface area (Å²) in [6.07, 6.45) is 1.56. The van der Waals surface area contributed by atoms with E-state index in [1.165, 1.54) is 0 Å². The van der Waals surface area contributed by atoms with Crippen LogP contribution in [0.2, 0.25) is 0 Å². The predicted octanol–water partition coefficient (Wildman–Crippen LogP) is 2.96. The fourth-order valence-electron chi connectivity index (χ4n) is 3.07. The fourth-order valence-corrected chi connectivity index (χ4v) is 3.07. The van der Waals surface area contributed by atoms with Gasteiger partial charge in [0, 0.05) is 18.7 Å². The Balaban J connectivity index is 1.25. The molecule has 0 atom stereocenters. The fraction of sp³-hybridized carbons (Fsp3) is 0.158. The Hall–Kier alpha value is -3.68. The molecule has 0 spiro atoms. The number of amides is 1. The first-order valence-corrected chi connectivity index (χ1v) is 8.55. The number of carbonyl (C=O) groups excluding carboxylic acids is 1. The van der Waals surface area contributed by atoms with E-state index in [-0.39, 0.29) is 11.8 Å². The number of hydrogen-bond donors (Lipinski definition) is 1. The van der Waals surface area contributed by atoms with E-state index in [1.807, 2.05) is 30.3 Å². The monoisotopic (exact) mass is 361 g/mol. The SMILES string of the molecule is O=C(c1cc(-c2ccccc2)n[nH]1)N1CC(c2nc(-c3ccco3)no2)C1. The van der Waals surface area contributed by atoms with Crippen LogP contribution in [0.15, 0.2) is 63.7 Å². The maximum atomic E-state index is 12.6. The molecule has 4 aromatic rings. The van der Waals surface area contributed by atoms with Crippen LogP contribution < -0.4 is 0 Å². The van der Waals surface area contributed by atoms with E-state index in [0.29, 0.717) is 36.3 Å². The average molecular weight is 361 g/mol. The van der Waals surface area contributed by atoms with Gasteiger partial charge in [0.2, 0.25) is 11.7 Å². The summed E-state index contributed by atoms with van der Waals surface area (Å²) in [6, 6.07) is 15.0. The highest BCUT2D eigenvalue weighted by Gasteiger charge is 2.36. The molecule has 134 valence electrons. The van der Waals surface area contributed by atoms with E-state index < -0.39 is 0 Å². The minimum Gasteiger partial charge on any atom is -0.461 e. The Labute approximate surface area is 153 Å². The molecule has 4 heterocycles. The molecule has 5 rings (SSSR count). The number of H-pyrrole nitrogens is 1. The first-order chi connectivity index (χ1) is 13.3. The number of likely N-dealkylation sites (tertiary alicyclic amines) is 1. The highest BCUT2D eigenvalue weighted by molar-refractivity contribution is 5.94. The zero-order valence-electron chi connectivity index (χ0n) is 14.2. The second-order valence-electron chi connectivity index (χ2n) is 6.37. The van der Waals surface area contributed by atoms with Crippen LogP contribution in [-0.4, -0.2) is 44.2 Å². The Morgan fingerprint density at radius 3 is 2.78 bits per heavy atom. The number of benzene rings is 1. The average Bonchev–Trinajstić information content (AvgIpc) is 3.41. The third kappa shape index (κ3) is 2.80. The highest BCUT2D eigenvalue weighted by Crippen LogP contribution is 2.29. The van der Waals surface area contributed by atoms with Gasteiger partial charge in [-0.2, -0.15) is 10.1 Å². The topological polar surface area (TPSA) is 101 Å². The van der Waals surface area contributed by atoms with Gasteiger partial charge in [-0.05, 0) is 18.2 Å². The van der Waals surface area contributed by atoms with Gasteiger partial charge in [0.15, 0.2) is 5.76 Å². The molecule has 0 bridgehead atoms. The second kappa shape index (κ2) is 6.24. The van der Waals surface area contributed by atoms with Gasteiger partial charge < -0.3 is 13.8 Å². The maximum absolute atomic E-state index is 12.6. The Kier molecular flexibility index (Phi) is 3.60. The summed E-state index contributed by atoms with van der Waals surface area (Å²) in [5, 5.41) is 11.0. The van der Waals surface area contributed by atoms with Gasteiger partial charge in [0.05, 0.1) is 17.9 Å². The summed E-state index contributed by atoms with van der Waals surface area (Å²) in [5.41, 5.74) is 2.18. The summed E-state index contributed by atoms with van der Waals surface area (Å²) < 4.78 is 10.6. The number of aromatic nitrogens is 4. The van der Waals surface area contributed by atoms with Crippen LogP contribution in [0.25, 0.3) is 22.8 Å². The lowest BCUT2D eigenvalue weighted by Gasteiger charge is -2.36. The number of hydrogen-bond acceptors (Lipinski definition) is 6. The summed E-state index contributed by atoms with van der Waals surface area (Å²) in [6.45, 7) is 1.05. The van der Waals surface area contributed by atoms with Crippen molar-refractivity contribution < 1.29 is 13.7 Å². The predicted molar refractivity (Wildman–Crippen MR) is 94.7 cm³/mol. The zero-order chi connectivity index (χ0) is 18.2. The lowest BCUT2D eigenvalue weighted by atomic mass is 9.99. The van der Waals surface area contributed by atoms with Crippen LogP contribution in [0, 0.1) is 0 Å². The molecule has 8 heteroatoms. The van der Waals surface area contributed by atoms with Crippen LogP contribution in [-0.2, 0) is 0 Å². The highest BCUT2D eigenvalue weighted by atomic mass is 16.5. The van der Waals surface area contributed by atoms with Crippen molar-refractivity contribution in [2.24, 2.45) is 0 Å². The molecule has 8 nitrogen and oxygen atoms in total. The summed E-state index contributed by atoms with van der Waals surface area (Å²) >= 11 is 0. The number of nitrogens with zero attached hydrogens (tertiary/aromatic N) is 4. The van der Waals surface area contributed by atoms with Crippen molar-refractivity contribution in [3.63, 3.8) is 0 Å². The first-order valence-electron chi connectivity index (χ1n) is 8.55. The van der Waals surface area contributed by atoms with Gasteiger partial charge in [0.25, 0.3) is 5.91 Å². The summed E-state index contributed by atoms with van der Waals surface area (Å²) in [5.74, 6) is 1.43. The molecule has 1 aliphatic rings. The molecule has 1 aliphatic heterocycles. The molecule has 0 unspecified atom stereocenters. The van der Waals surface area contributed by atoms with Gasteiger partial charge in [-0.3, -0.25) is 9.89 Å². The zero-order valence-corrected chi connectivity index (χ0v) is 14.2. The standard InChI is InChI=1S/C19H15N5O3/c25-19(15-9-14(21-22-15)12-5-2-1-3-6-12)24-10-13(11-24)18-20-17(23-27-18)16-7-4-8-26-16/h1-9,13H,10-11H2,(H,21,22). The summed E-state index contributed by atoms with van der Waals surface area (Å²) in [4.78, 5) is 18.7. The molecule has 1 fully saturated rings. The van der Waals surface area contributed by atoms with Gasteiger partial charge in [0.1, 0.15) is 5.69 Å². The first kappa shape index (κ1) is 15.6. The Morgan fingerprint density at radius 2 is 2.00 bits per heavy atom. The molecule has 0 aliphatic carbocycles. The van der Waals surface area contributed by atoms with Crippen LogP contribution in [0.3, 0.4) is 0 Å². The van der Waals surface area contributed by atoms with Crippen molar-refractivity contribution in [1.82, 2.24) is 25.2 Å². The van der Waals surface area contributed by atoms with E-state index in [9.17, 15) is 4.79 Å². The maximum Gasteiger partial charge on any atom is 0.271 e. The van der Waals surface area contributed by atoms with E-state index >= 15 is 0 Å². The minimum atomic E-state index is -0.0910. The van der Waals surface area contributed by atoms with E-state index in [0.717, 1.165) is 11.3 Å². The van der Waals surface area contributed by atoms with Crippen molar-refractivity contribution in [2.45, 2.75) is 5.92 Å². The minimum absolute atomic E-state index is 0.0293. The second-order valence-corrected chi connectivity index (χ2v) is 6.37. The number of aromatic amines is 1. The molecule has 1 amide bonds. The van der Waals surface area contributed by atoms with Crippen LogP contribution >= 0.6 is 0 Å². The lowest BCUT2D eigenvalue weighted by molar-refractivity contribution is 0.0563. The summed E-state index contributed by atoms with van der Waals surface area (Å²) in [7, 11) is 0. The number of carbonyl (C=O) groups is 1. The van der Waals surface area contributed by atoms with Crippen molar-refractivity contribution in [3.8, 4) is 22.8 Å². The van der Waals surface area contributed by atoms with Crippen LogP contribution in [0.1, 0.15) is 22.3 Å². The van der Waals surface area contributed by atoms with Crippen molar-refractivity contribution >= 4 is 5.91 Å². The molecule has 1 N–H and O–H groups in total. The van der Waals surface area contributed by atoms with E-state index in [2.05, 4.69) is 20.3 Å². The van der Waals surface area contributed by atoms with Crippen molar-refractivity contribution in [3.05, 3.63) is 66.4 Å². The molecular formula is C19H15N5O3. The third-order valence-corrected chi connectivity index (χ3v) is 4.58. The van der Waals surface area contributed by atoms with Crippen LogP contribution in [0.4, 0.5) is 0 Å². The molecule has 1 aromatic carbocycles. The number of furan rings is 1. The van der Waals surface area contributed by atoms with Gasteiger partial charge >= 0.3 is 0 Å². The van der Waals surface area contributed by atoms with Crippen molar-refractivity contribution in [1.29, 1.82) is 0 Å². The molecule has 0 radical (unpaired) electrons. The van der Waals surface area contributed by atoms with Gasteiger partial charge in [-0.15, -0.1) is 0 Å². The quantitative estimate of drug-likeness (QED) is 0.600. The number of rotatable bonds is 4. The van der Waals surface area contributed by atoms with Gasteiger partial charge in [-0.25, -0.2) is 0 Å². The molecule has 27 heavy (non-hydrogen) atoms.